The number of oxime groups is 2. The van der Waals surface area contributed by atoms with E-state index < -0.39 is 0 Å². The molecule has 15 N–H and O–H groups in total. The van der Waals surface area contributed by atoms with E-state index in [-0.39, 0.29) is 68.9 Å². The largest absolute Gasteiger partial charge is 0.515 e. The molecule has 0 saturated heterocycles. The standard InChI is InChI=1S/4C10H12O3.2C9H11NO3.3CH4N2O/c1-13-10-4-2-3-8(5-10)9(6-11)7-12;3*1-13-10(12)9(7-11)8-5-3-2-4-6-8;2*1-13-8-4-2-3-7(5-8)9(6-11)10-12;3*1-2-3-4/h4*2-6,11-12H,7H2,1H3;2*2-5,11-12H,6H2,1H3;3*1H3,(H,2,4)/b9-6+;10-9+;10-9-;;10-9-;;;;. The first-order valence-corrected chi connectivity index (χ1v) is 25.9. The summed E-state index contributed by atoms with van der Waals surface area (Å²) < 4.78 is 28.9. The molecule has 0 aliphatic carbocycles. The fourth-order valence-electron chi connectivity index (χ4n) is 6.13. The van der Waals surface area contributed by atoms with Crippen molar-refractivity contribution in [1.29, 1.82) is 0 Å². The van der Waals surface area contributed by atoms with Crippen LogP contribution in [0, 0.1) is 14.7 Å². The van der Waals surface area contributed by atoms with Gasteiger partial charge >= 0.3 is 0 Å². The summed E-state index contributed by atoms with van der Waals surface area (Å²) in [6.45, 7) is -1.53. The third kappa shape index (κ3) is 35.6. The van der Waals surface area contributed by atoms with Crippen molar-refractivity contribution in [2.45, 2.75) is 0 Å². The summed E-state index contributed by atoms with van der Waals surface area (Å²) >= 11 is 0. The van der Waals surface area contributed by atoms with Crippen LogP contribution in [-0.2, 0) is 14.2 Å². The van der Waals surface area contributed by atoms with Gasteiger partial charge in [-0.15, -0.1) is 14.7 Å². The first kappa shape index (κ1) is 83.4. The Bertz CT molecular complexity index is 2710. The fraction of sp³-hybridized carbons (Fsp3) is 0.246. The number of hydrogen-bond acceptors (Lipinski definition) is 26. The zero-order valence-corrected chi connectivity index (χ0v) is 51.2. The number of methoxy groups -OCH3 is 6. The molecule has 0 spiro atoms. The molecule has 0 atom stereocenters. The highest BCUT2D eigenvalue weighted by Crippen LogP contribution is 2.21. The smallest absolute Gasteiger partial charge is 0.282 e. The third-order valence-corrected chi connectivity index (χ3v) is 10.6. The van der Waals surface area contributed by atoms with E-state index in [1.54, 1.807) is 131 Å². The molecule has 0 heterocycles. The minimum absolute atomic E-state index is 0.191. The number of nitroso groups, excluding NO2 is 3. The first-order chi connectivity index (χ1) is 43.6. The molecular weight excluding hydrogens is 1180 g/mol. The molecule has 0 aromatic heterocycles. The normalized spacial score (nSPS) is 10.9. The maximum Gasteiger partial charge on any atom is 0.282 e. The minimum atomic E-state index is -0.302. The summed E-state index contributed by atoms with van der Waals surface area (Å²) in [5, 5.41) is 120. The number of benzene rings is 6. The van der Waals surface area contributed by atoms with Crippen LogP contribution in [-0.4, -0.2) is 176 Å². The van der Waals surface area contributed by atoms with Gasteiger partial charge < -0.3 is 89.9 Å². The van der Waals surface area contributed by atoms with Crippen LogP contribution < -0.4 is 30.5 Å². The van der Waals surface area contributed by atoms with Gasteiger partial charge in [0.25, 0.3) is 17.8 Å². The van der Waals surface area contributed by atoms with Crippen LogP contribution in [0.5, 0.6) is 17.2 Å². The quantitative estimate of drug-likeness (QED) is 0.0108. The van der Waals surface area contributed by atoms with Crippen molar-refractivity contribution in [3.8, 4) is 17.2 Å². The molecule has 6 rings (SSSR count). The van der Waals surface area contributed by atoms with Gasteiger partial charge in [0, 0.05) is 53.7 Å². The number of nitrogens with zero attached hydrogens (tertiary/aromatic N) is 5. The number of hydrogen-bond donors (Lipinski definition) is 15. The lowest BCUT2D eigenvalue weighted by molar-refractivity contribution is 0.135. The molecule has 0 unspecified atom stereocenters. The van der Waals surface area contributed by atoms with Gasteiger partial charge in [-0.05, 0) is 58.7 Å². The van der Waals surface area contributed by atoms with Crippen LogP contribution in [0.4, 0.5) is 0 Å². The lowest BCUT2D eigenvalue weighted by Crippen LogP contribution is -2.06. The topological polar surface area (TPSA) is 447 Å². The zero-order valence-electron chi connectivity index (χ0n) is 51.2. The average Bonchev–Trinajstić information content (AvgIpc) is 3.82. The van der Waals surface area contributed by atoms with Crippen LogP contribution in [0.15, 0.2) is 214 Å². The zero-order chi connectivity index (χ0) is 68.3. The number of aliphatic hydroxyl groups is 10. The van der Waals surface area contributed by atoms with E-state index in [4.69, 9.17) is 75.1 Å². The second kappa shape index (κ2) is 56.0. The summed E-state index contributed by atoms with van der Waals surface area (Å²) in [5.74, 6) is 1.29. The van der Waals surface area contributed by atoms with Gasteiger partial charge in [-0.3, -0.25) is 16.3 Å². The Morgan fingerprint density at radius 3 is 0.811 bits per heavy atom. The third-order valence-electron chi connectivity index (χ3n) is 10.6. The first-order valence-electron chi connectivity index (χ1n) is 25.9. The molecule has 29 nitrogen and oxygen atoms in total. The summed E-state index contributed by atoms with van der Waals surface area (Å²) in [4.78, 5) is 26.4. The molecule has 0 aliphatic heterocycles. The molecule has 0 radical (unpaired) electrons. The predicted octanol–water partition coefficient (Wildman–Crippen LogP) is 7.64. The van der Waals surface area contributed by atoms with Crippen molar-refractivity contribution in [2.24, 2.45) is 26.2 Å². The Labute approximate surface area is 521 Å². The van der Waals surface area contributed by atoms with Crippen LogP contribution in [0.1, 0.15) is 33.4 Å². The lowest BCUT2D eigenvalue weighted by Gasteiger charge is -2.06. The van der Waals surface area contributed by atoms with Gasteiger partial charge in [0.2, 0.25) is 0 Å². The van der Waals surface area contributed by atoms with Crippen LogP contribution in [0.2, 0.25) is 0 Å². The highest BCUT2D eigenvalue weighted by molar-refractivity contribution is 6.01. The maximum absolute atomic E-state index is 9.27. The summed E-state index contributed by atoms with van der Waals surface area (Å²) in [5.41, 5.74) is 12.4. The Kier molecular flexibility index (Phi) is 51.9. The lowest BCUT2D eigenvalue weighted by atomic mass is 10.1. The van der Waals surface area contributed by atoms with Crippen molar-refractivity contribution in [2.75, 3.05) is 103 Å². The Hall–Kier alpha value is -10.8. The van der Waals surface area contributed by atoms with Crippen LogP contribution in [0.25, 0.3) is 22.3 Å². The molecule has 0 fully saturated rings. The highest BCUT2D eigenvalue weighted by Gasteiger charge is 2.10. The molecule has 0 saturated carbocycles. The molecule has 29 heteroatoms. The number of aliphatic hydroxyl groups excluding tert-OH is 10. The van der Waals surface area contributed by atoms with E-state index in [1.807, 2.05) is 70.9 Å². The Morgan fingerprint density at radius 2 is 0.622 bits per heavy atom. The van der Waals surface area contributed by atoms with Crippen LogP contribution in [0.3, 0.4) is 0 Å². The van der Waals surface area contributed by atoms with E-state index in [0.717, 1.165) is 28.5 Å². The van der Waals surface area contributed by atoms with E-state index in [0.29, 0.717) is 50.7 Å². The van der Waals surface area contributed by atoms with E-state index in [2.05, 4.69) is 40.4 Å². The SMILES string of the molecule is CNN=O.CNN=O.CNN=O.CO/C(O)=C(/CO)c1ccccc1.CO/C(O)=C(\CO)c1ccccc1.COC(O)=C(CO)c1ccccc1.COc1cccc(/C(=C/O)CO)c1.COc1cccc(/C(CO)=N\O)c1.COc1cccc(C(CO)=NO)c1. The van der Waals surface area contributed by atoms with Gasteiger partial charge in [-0.2, -0.15) is 0 Å². The molecule has 0 amide bonds. The van der Waals surface area contributed by atoms with Gasteiger partial charge in [-0.25, -0.2) is 0 Å². The van der Waals surface area contributed by atoms with Crippen LogP contribution >= 0.6 is 0 Å². The molecule has 0 bridgehead atoms. The summed E-state index contributed by atoms with van der Waals surface area (Å²) in [7, 11) is 13.1. The van der Waals surface area contributed by atoms with Crippen molar-refractivity contribution >= 4 is 33.7 Å². The molecule has 6 aromatic carbocycles. The Morgan fingerprint density at radius 1 is 0.378 bits per heavy atom. The predicted molar refractivity (Wildman–Crippen MR) is 342 cm³/mol. The van der Waals surface area contributed by atoms with Gasteiger partial charge in [0.05, 0.1) is 105 Å². The monoisotopic (exact) mass is 1260 g/mol. The molecule has 492 valence electrons. The maximum atomic E-state index is 9.27. The Balaban J connectivity index is -0.000000972. The van der Waals surface area contributed by atoms with E-state index in [9.17, 15) is 15.3 Å². The average molecular weight is 1260 g/mol. The van der Waals surface area contributed by atoms with Gasteiger partial charge in [0.15, 0.2) is 0 Å². The highest BCUT2D eigenvalue weighted by atomic mass is 16.6. The van der Waals surface area contributed by atoms with Crippen molar-refractivity contribution in [3.05, 3.63) is 236 Å². The second-order valence-electron chi connectivity index (χ2n) is 15.9. The van der Waals surface area contributed by atoms with Crippen molar-refractivity contribution in [3.63, 3.8) is 0 Å². The van der Waals surface area contributed by atoms with Gasteiger partial charge in [-0.1, -0.05) is 138 Å². The van der Waals surface area contributed by atoms with Crippen molar-refractivity contribution < 1.29 is 89.9 Å². The molecular formula is C61H82N8O21. The minimum Gasteiger partial charge on any atom is -0.515 e. The summed E-state index contributed by atoms with van der Waals surface area (Å²) in [6.07, 6.45) is 0.898. The molecule has 90 heavy (non-hydrogen) atoms. The number of ether oxygens (including phenoxy) is 6. The molecule has 6 aromatic rings. The van der Waals surface area contributed by atoms with E-state index in [1.165, 1.54) is 42.5 Å². The van der Waals surface area contributed by atoms with Crippen molar-refractivity contribution in [1.82, 2.24) is 16.3 Å². The fourth-order valence-corrected chi connectivity index (χ4v) is 6.13. The second-order valence-corrected chi connectivity index (χ2v) is 15.9. The molecule has 0 aliphatic rings. The number of nitrogens with one attached hydrogen (secondary N) is 3. The van der Waals surface area contributed by atoms with E-state index >= 15 is 0 Å². The van der Waals surface area contributed by atoms with Gasteiger partial charge in [0.1, 0.15) is 28.7 Å². The summed E-state index contributed by atoms with van der Waals surface area (Å²) in [6, 6.07) is 48.3. The number of rotatable bonds is 21.